The van der Waals surface area contributed by atoms with E-state index in [-0.39, 0.29) is 0 Å². The lowest BCUT2D eigenvalue weighted by molar-refractivity contribution is 0.100. The summed E-state index contributed by atoms with van der Waals surface area (Å²) < 4.78 is 19.2. The van der Waals surface area contributed by atoms with Crippen LogP contribution in [0.3, 0.4) is 0 Å². The number of nitrogens with two attached hydrogens (primary N) is 1. The third kappa shape index (κ3) is 2.58. The molecule has 1 heterocycles. The molecule has 0 radical (unpaired) electrons. The molecule has 3 rings (SSSR count). The zero-order chi connectivity index (χ0) is 15.7. The van der Waals surface area contributed by atoms with E-state index >= 15 is 0 Å². The van der Waals surface area contributed by atoms with Crippen molar-refractivity contribution in [2.75, 3.05) is 0 Å². The average Bonchev–Trinajstić information content (AvgIpc) is 2.94. The maximum absolute atomic E-state index is 14.3. The standard InChI is InChI=1S/C16H12FN3O2/c1-9-19-16(20-22-9)12-6-7-13(14(17)8-12)10-2-4-11(5-3-10)15(18)21/h2-8H,1H3,(H2,18,21). The van der Waals surface area contributed by atoms with Gasteiger partial charge in [-0.15, -0.1) is 0 Å². The number of aryl methyl sites for hydroxylation is 1. The van der Waals surface area contributed by atoms with Gasteiger partial charge in [0.2, 0.25) is 17.6 Å². The minimum absolute atomic E-state index is 0.340. The van der Waals surface area contributed by atoms with Gasteiger partial charge in [0.15, 0.2) is 0 Å². The number of halogens is 1. The number of carbonyl (C=O) groups excluding carboxylic acids is 1. The number of aromatic nitrogens is 2. The predicted molar refractivity (Wildman–Crippen MR) is 78.4 cm³/mol. The minimum Gasteiger partial charge on any atom is -0.366 e. The third-order valence-electron chi connectivity index (χ3n) is 3.24. The van der Waals surface area contributed by atoms with Gasteiger partial charge in [0.1, 0.15) is 5.82 Å². The summed E-state index contributed by atoms with van der Waals surface area (Å²) in [7, 11) is 0. The Morgan fingerprint density at radius 1 is 1.14 bits per heavy atom. The summed E-state index contributed by atoms with van der Waals surface area (Å²) in [6, 6.07) is 11.1. The molecule has 110 valence electrons. The van der Waals surface area contributed by atoms with E-state index in [9.17, 15) is 9.18 Å². The Labute approximate surface area is 125 Å². The molecule has 5 nitrogen and oxygen atoms in total. The molecule has 0 atom stereocenters. The summed E-state index contributed by atoms with van der Waals surface area (Å²) in [5, 5.41) is 3.76. The molecule has 0 saturated carbocycles. The van der Waals surface area contributed by atoms with E-state index in [0.717, 1.165) is 0 Å². The van der Waals surface area contributed by atoms with Crippen LogP contribution in [-0.2, 0) is 0 Å². The van der Waals surface area contributed by atoms with Gasteiger partial charge in [-0.05, 0) is 23.8 Å². The van der Waals surface area contributed by atoms with Crippen LogP contribution in [-0.4, -0.2) is 16.0 Å². The molecular weight excluding hydrogens is 285 g/mol. The van der Waals surface area contributed by atoms with Crippen LogP contribution in [0.1, 0.15) is 16.2 Å². The van der Waals surface area contributed by atoms with Gasteiger partial charge in [-0.1, -0.05) is 29.4 Å². The van der Waals surface area contributed by atoms with E-state index in [4.69, 9.17) is 10.3 Å². The summed E-state index contributed by atoms with van der Waals surface area (Å²) in [6.45, 7) is 1.67. The zero-order valence-electron chi connectivity index (χ0n) is 11.7. The zero-order valence-corrected chi connectivity index (χ0v) is 11.7. The number of hydrogen-bond acceptors (Lipinski definition) is 4. The van der Waals surface area contributed by atoms with E-state index < -0.39 is 11.7 Å². The van der Waals surface area contributed by atoms with Gasteiger partial charge in [0.05, 0.1) is 0 Å². The molecule has 1 aromatic heterocycles. The molecule has 0 spiro atoms. The predicted octanol–water partition coefficient (Wildman–Crippen LogP) is 2.95. The first-order valence-electron chi connectivity index (χ1n) is 6.55. The first kappa shape index (κ1) is 13.9. The van der Waals surface area contributed by atoms with E-state index in [1.807, 2.05) is 0 Å². The minimum atomic E-state index is -0.519. The molecule has 0 unspecified atom stereocenters. The molecule has 0 saturated heterocycles. The summed E-state index contributed by atoms with van der Waals surface area (Å²) in [6.07, 6.45) is 0. The number of rotatable bonds is 3. The van der Waals surface area contributed by atoms with E-state index in [0.29, 0.717) is 34.0 Å². The van der Waals surface area contributed by atoms with Crippen LogP contribution in [0.15, 0.2) is 47.0 Å². The van der Waals surface area contributed by atoms with Gasteiger partial charge >= 0.3 is 0 Å². The number of nitrogens with zero attached hydrogens (tertiary/aromatic N) is 2. The molecule has 22 heavy (non-hydrogen) atoms. The highest BCUT2D eigenvalue weighted by Gasteiger charge is 2.11. The van der Waals surface area contributed by atoms with E-state index in [1.54, 1.807) is 43.3 Å². The lowest BCUT2D eigenvalue weighted by Gasteiger charge is -2.05. The van der Waals surface area contributed by atoms with Crippen molar-refractivity contribution in [3.63, 3.8) is 0 Å². The van der Waals surface area contributed by atoms with Gasteiger partial charge in [0, 0.05) is 23.6 Å². The van der Waals surface area contributed by atoms with Gasteiger partial charge in [-0.3, -0.25) is 4.79 Å². The largest absolute Gasteiger partial charge is 0.366 e. The molecule has 0 fully saturated rings. The van der Waals surface area contributed by atoms with Crippen molar-refractivity contribution < 1.29 is 13.7 Å². The molecule has 0 bridgehead atoms. The SMILES string of the molecule is Cc1nc(-c2ccc(-c3ccc(C(N)=O)cc3)c(F)c2)no1. The van der Waals surface area contributed by atoms with Gasteiger partial charge in [-0.25, -0.2) is 4.39 Å². The summed E-state index contributed by atoms with van der Waals surface area (Å²) >= 11 is 0. The second-order valence-electron chi connectivity index (χ2n) is 4.77. The fraction of sp³-hybridized carbons (Fsp3) is 0.0625. The second kappa shape index (κ2) is 5.40. The highest BCUT2D eigenvalue weighted by Crippen LogP contribution is 2.27. The summed E-state index contributed by atoms with van der Waals surface area (Å²) in [4.78, 5) is 15.1. The Balaban J connectivity index is 1.96. The Bertz CT molecular complexity index is 841. The fourth-order valence-electron chi connectivity index (χ4n) is 2.12. The maximum atomic E-state index is 14.3. The van der Waals surface area contributed by atoms with Crippen molar-refractivity contribution in [1.29, 1.82) is 0 Å². The van der Waals surface area contributed by atoms with E-state index in [1.165, 1.54) is 6.07 Å². The van der Waals surface area contributed by atoms with E-state index in [2.05, 4.69) is 10.1 Å². The molecule has 1 amide bonds. The Morgan fingerprint density at radius 2 is 1.82 bits per heavy atom. The van der Waals surface area contributed by atoms with Crippen molar-refractivity contribution in [3.05, 3.63) is 59.7 Å². The maximum Gasteiger partial charge on any atom is 0.248 e. The smallest absolute Gasteiger partial charge is 0.248 e. The lowest BCUT2D eigenvalue weighted by atomic mass is 10.0. The number of benzene rings is 2. The molecule has 3 aromatic rings. The Hall–Kier alpha value is -3.02. The van der Waals surface area contributed by atoms with Crippen LogP contribution in [0.2, 0.25) is 0 Å². The normalized spacial score (nSPS) is 10.6. The summed E-state index contributed by atoms with van der Waals surface area (Å²) in [5.41, 5.74) is 7.16. The molecule has 2 aromatic carbocycles. The molecule has 2 N–H and O–H groups in total. The quantitative estimate of drug-likeness (QED) is 0.805. The molecule has 0 aliphatic carbocycles. The number of amides is 1. The highest BCUT2D eigenvalue weighted by molar-refractivity contribution is 5.93. The van der Waals surface area contributed by atoms with Crippen LogP contribution in [0.25, 0.3) is 22.5 Å². The van der Waals surface area contributed by atoms with Crippen molar-refractivity contribution in [2.24, 2.45) is 5.73 Å². The number of hydrogen-bond donors (Lipinski definition) is 1. The van der Waals surface area contributed by atoms with Crippen molar-refractivity contribution in [3.8, 4) is 22.5 Å². The second-order valence-corrected chi connectivity index (χ2v) is 4.77. The van der Waals surface area contributed by atoms with Crippen LogP contribution in [0.5, 0.6) is 0 Å². The number of carbonyl (C=O) groups is 1. The van der Waals surface area contributed by atoms with Crippen molar-refractivity contribution >= 4 is 5.91 Å². The van der Waals surface area contributed by atoms with Gasteiger partial charge in [0.25, 0.3) is 0 Å². The third-order valence-corrected chi connectivity index (χ3v) is 3.24. The lowest BCUT2D eigenvalue weighted by Crippen LogP contribution is -2.10. The molecular formula is C16H12FN3O2. The first-order valence-corrected chi connectivity index (χ1v) is 6.55. The van der Waals surface area contributed by atoms with Gasteiger partial charge < -0.3 is 10.3 Å². The summed E-state index contributed by atoms with van der Waals surface area (Å²) in [5.74, 6) is -0.171. The van der Waals surface area contributed by atoms with Crippen molar-refractivity contribution in [2.45, 2.75) is 6.92 Å². The van der Waals surface area contributed by atoms with Crippen molar-refractivity contribution in [1.82, 2.24) is 10.1 Å². The number of primary amides is 1. The van der Waals surface area contributed by atoms with Crippen LogP contribution >= 0.6 is 0 Å². The monoisotopic (exact) mass is 297 g/mol. The fourth-order valence-corrected chi connectivity index (χ4v) is 2.12. The molecule has 6 heteroatoms. The molecule has 0 aliphatic rings. The Kier molecular flexibility index (Phi) is 3.42. The molecule has 0 aliphatic heterocycles. The Morgan fingerprint density at radius 3 is 2.36 bits per heavy atom. The van der Waals surface area contributed by atoms with Gasteiger partial charge in [-0.2, -0.15) is 4.98 Å². The topological polar surface area (TPSA) is 82.0 Å². The average molecular weight is 297 g/mol. The first-order chi connectivity index (χ1) is 10.5. The van der Waals surface area contributed by atoms with Crippen LogP contribution in [0.4, 0.5) is 4.39 Å². The van der Waals surface area contributed by atoms with Crippen LogP contribution < -0.4 is 5.73 Å². The van der Waals surface area contributed by atoms with Crippen LogP contribution in [0, 0.1) is 12.7 Å². The highest BCUT2D eigenvalue weighted by atomic mass is 19.1.